The van der Waals surface area contributed by atoms with Crippen LogP contribution in [0, 0.1) is 5.92 Å². The van der Waals surface area contributed by atoms with Crippen molar-refractivity contribution >= 4 is 25.9 Å². The molecule has 184 valence electrons. The third-order valence-corrected chi connectivity index (χ3v) is 12.3. The smallest absolute Gasteiger partial charge is 0.309 e. The van der Waals surface area contributed by atoms with Crippen molar-refractivity contribution in [3.05, 3.63) is 29.3 Å². The maximum Gasteiger partial charge on any atom is 0.309 e. The molecule has 0 spiro atoms. The van der Waals surface area contributed by atoms with Crippen LogP contribution in [0.3, 0.4) is 0 Å². The Morgan fingerprint density at radius 1 is 1.24 bits per heavy atom. The van der Waals surface area contributed by atoms with E-state index < -0.39 is 31.7 Å². The minimum Gasteiger partial charge on any atom is -0.465 e. The maximum absolute atomic E-state index is 15.8. The first-order valence-corrected chi connectivity index (χ1v) is 15.3. The van der Waals surface area contributed by atoms with E-state index in [2.05, 4.69) is 39.2 Å². The zero-order valence-electron chi connectivity index (χ0n) is 21.1. The second kappa shape index (κ2) is 9.86. The summed E-state index contributed by atoms with van der Waals surface area (Å²) in [6.07, 6.45) is 3.76. The van der Waals surface area contributed by atoms with Gasteiger partial charge in [0.15, 0.2) is 14.0 Å². The van der Waals surface area contributed by atoms with E-state index in [1.54, 1.807) is 0 Å². The van der Waals surface area contributed by atoms with Crippen molar-refractivity contribution in [3.8, 4) is 0 Å². The van der Waals surface area contributed by atoms with Crippen LogP contribution in [0.4, 0.5) is 10.1 Å². The standard InChI is InChI=1S/C26H40FNO4Si/c1-7-8-15-31-23(29)20-13-14-26(27)22(20)19-12-11-18(17-21(19)28-24(26)30)10-9-16-32-33(5,6)25(2,3)4/h11-12,17,20,22H,7-10,13-16H2,1-6H3,(H,28,30). The van der Waals surface area contributed by atoms with Crippen molar-refractivity contribution < 1.29 is 23.1 Å². The summed E-state index contributed by atoms with van der Waals surface area (Å²) in [5.41, 5.74) is 0.335. The molecule has 5 nitrogen and oxygen atoms in total. The minimum absolute atomic E-state index is 0.0447. The Kier molecular flexibility index (Phi) is 7.74. The largest absolute Gasteiger partial charge is 0.465 e. The highest BCUT2D eigenvalue weighted by molar-refractivity contribution is 6.74. The number of esters is 1. The minimum atomic E-state index is -2.06. The Morgan fingerprint density at radius 2 is 1.97 bits per heavy atom. The Labute approximate surface area is 198 Å². The number of aryl methyl sites for hydroxylation is 1. The number of nitrogens with one attached hydrogen (secondary N) is 1. The molecule has 0 aromatic heterocycles. The summed E-state index contributed by atoms with van der Waals surface area (Å²) in [7, 11) is -1.77. The first-order valence-electron chi connectivity index (χ1n) is 12.3. The molecule has 2 aliphatic rings. The van der Waals surface area contributed by atoms with Gasteiger partial charge in [-0.25, -0.2) is 4.39 Å². The molecule has 1 heterocycles. The van der Waals surface area contributed by atoms with E-state index in [9.17, 15) is 9.59 Å². The maximum atomic E-state index is 15.8. The lowest BCUT2D eigenvalue weighted by molar-refractivity contribution is -0.149. The van der Waals surface area contributed by atoms with Gasteiger partial charge in [-0.05, 0) is 67.4 Å². The van der Waals surface area contributed by atoms with E-state index in [-0.39, 0.29) is 17.4 Å². The van der Waals surface area contributed by atoms with E-state index in [0.717, 1.165) is 31.2 Å². The van der Waals surface area contributed by atoms with Gasteiger partial charge in [0, 0.05) is 18.2 Å². The molecule has 1 fully saturated rings. The number of fused-ring (bicyclic) bond motifs is 3. The fourth-order valence-corrected chi connectivity index (χ4v) is 5.68. The molecule has 3 unspecified atom stereocenters. The van der Waals surface area contributed by atoms with Crippen LogP contribution in [0.5, 0.6) is 0 Å². The topological polar surface area (TPSA) is 64.6 Å². The number of ether oxygens (including phenoxy) is 1. The van der Waals surface area contributed by atoms with Gasteiger partial charge in [0.2, 0.25) is 0 Å². The third kappa shape index (κ3) is 5.34. The number of rotatable bonds is 9. The van der Waals surface area contributed by atoms with Crippen molar-refractivity contribution in [1.82, 2.24) is 0 Å². The quantitative estimate of drug-likeness (QED) is 0.264. The van der Waals surface area contributed by atoms with Crippen LogP contribution in [0.15, 0.2) is 18.2 Å². The molecule has 1 aromatic rings. The fourth-order valence-electron chi connectivity index (χ4n) is 4.59. The number of alkyl halides is 1. The number of hydrogen-bond donors (Lipinski definition) is 1. The van der Waals surface area contributed by atoms with Crippen LogP contribution in [-0.2, 0) is 25.2 Å². The molecular weight excluding hydrogens is 437 g/mol. The summed E-state index contributed by atoms with van der Waals surface area (Å²) < 4.78 is 27.4. The number of carbonyl (C=O) groups excluding carboxylic acids is 2. The number of amides is 1. The van der Waals surface area contributed by atoms with Gasteiger partial charge >= 0.3 is 5.97 Å². The van der Waals surface area contributed by atoms with E-state index in [1.807, 2.05) is 25.1 Å². The molecule has 7 heteroatoms. The second-order valence-corrected chi connectivity index (χ2v) is 15.9. The number of anilines is 1. The molecule has 3 atom stereocenters. The molecule has 1 amide bonds. The Bertz CT molecular complexity index is 882. The van der Waals surface area contributed by atoms with Gasteiger partial charge in [-0.15, -0.1) is 0 Å². The molecule has 0 radical (unpaired) electrons. The zero-order valence-corrected chi connectivity index (χ0v) is 22.1. The Balaban J connectivity index is 1.70. The molecule has 1 N–H and O–H groups in total. The average Bonchev–Trinajstić information content (AvgIpc) is 3.10. The van der Waals surface area contributed by atoms with Gasteiger partial charge in [0.1, 0.15) is 0 Å². The van der Waals surface area contributed by atoms with Crippen LogP contribution in [-0.4, -0.2) is 39.1 Å². The molecule has 0 saturated heterocycles. The monoisotopic (exact) mass is 477 g/mol. The van der Waals surface area contributed by atoms with Crippen LogP contribution >= 0.6 is 0 Å². The molecule has 1 aliphatic carbocycles. The highest BCUT2D eigenvalue weighted by atomic mass is 28.4. The van der Waals surface area contributed by atoms with Crippen molar-refractivity contribution in [2.45, 2.75) is 95.9 Å². The summed E-state index contributed by atoms with van der Waals surface area (Å²) >= 11 is 0. The van der Waals surface area contributed by atoms with Crippen molar-refractivity contribution in [2.75, 3.05) is 18.5 Å². The highest BCUT2D eigenvalue weighted by Gasteiger charge is 2.60. The molecular formula is C26H40FNO4Si. The van der Waals surface area contributed by atoms with Gasteiger partial charge in [0.25, 0.3) is 5.91 Å². The average molecular weight is 478 g/mol. The lowest BCUT2D eigenvalue weighted by atomic mass is 9.77. The van der Waals surface area contributed by atoms with Gasteiger partial charge in [-0.2, -0.15) is 0 Å². The second-order valence-electron chi connectivity index (χ2n) is 11.1. The van der Waals surface area contributed by atoms with Crippen LogP contribution in [0.2, 0.25) is 18.1 Å². The van der Waals surface area contributed by atoms with Crippen LogP contribution < -0.4 is 5.32 Å². The molecule has 1 aliphatic heterocycles. The Hall–Kier alpha value is -1.73. The summed E-state index contributed by atoms with van der Waals surface area (Å²) in [5.74, 6) is -2.44. The van der Waals surface area contributed by atoms with E-state index in [0.29, 0.717) is 30.9 Å². The number of hydrogen-bond acceptors (Lipinski definition) is 4. The summed E-state index contributed by atoms with van der Waals surface area (Å²) in [6, 6.07) is 5.80. The number of halogens is 1. The molecule has 0 bridgehead atoms. The van der Waals surface area contributed by atoms with Crippen LogP contribution in [0.1, 0.15) is 76.8 Å². The van der Waals surface area contributed by atoms with Crippen molar-refractivity contribution in [1.29, 1.82) is 0 Å². The highest BCUT2D eigenvalue weighted by Crippen LogP contribution is 2.54. The lowest BCUT2D eigenvalue weighted by Crippen LogP contribution is -2.46. The summed E-state index contributed by atoms with van der Waals surface area (Å²) in [6.45, 7) is 14.2. The first-order chi connectivity index (χ1) is 15.4. The third-order valence-electron chi connectivity index (χ3n) is 7.72. The predicted octanol–water partition coefficient (Wildman–Crippen LogP) is 6.14. The molecule has 3 rings (SSSR count). The van der Waals surface area contributed by atoms with E-state index >= 15 is 4.39 Å². The van der Waals surface area contributed by atoms with Crippen molar-refractivity contribution in [3.63, 3.8) is 0 Å². The summed E-state index contributed by atoms with van der Waals surface area (Å²) in [4.78, 5) is 25.4. The van der Waals surface area contributed by atoms with Crippen LogP contribution in [0.25, 0.3) is 0 Å². The van der Waals surface area contributed by atoms with Gasteiger partial charge in [-0.3, -0.25) is 9.59 Å². The van der Waals surface area contributed by atoms with Gasteiger partial charge < -0.3 is 14.5 Å². The van der Waals surface area contributed by atoms with E-state index in [1.165, 1.54) is 0 Å². The molecule has 33 heavy (non-hydrogen) atoms. The normalized spacial score (nSPS) is 24.8. The number of benzene rings is 1. The summed E-state index contributed by atoms with van der Waals surface area (Å²) in [5, 5.41) is 2.95. The Morgan fingerprint density at radius 3 is 2.64 bits per heavy atom. The van der Waals surface area contributed by atoms with E-state index in [4.69, 9.17) is 9.16 Å². The zero-order chi connectivity index (χ0) is 24.4. The van der Waals surface area contributed by atoms with Gasteiger partial charge in [0.05, 0.1) is 12.5 Å². The fraction of sp³-hybridized carbons (Fsp3) is 0.692. The number of carbonyl (C=O) groups is 2. The molecule has 1 saturated carbocycles. The molecule has 1 aromatic carbocycles. The van der Waals surface area contributed by atoms with Gasteiger partial charge in [-0.1, -0.05) is 46.2 Å². The number of unbranched alkanes of at least 4 members (excludes halogenated alkanes) is 1. The lowest BCUT2D eigenvalue weighted by Gasteiger charge is -2.36. The first kappa shape index (κ1) is 25.9. The van der Waals surface area contributed by atoms with Crippen molar-refractivity contribution in [2.24, 2.45) is 5.92 Å². The SMILES string of the molecule is CCCCOC(=O)C1CCC2(F)C(=O)Nc3cc(CCCO[Si](C)(C)C(C)(C)C)ccc3C12. The predicted molar refractivity (Wildman–Crippen MR) is 132 cm³/mol.